The molecule has 19 heavy (non-hydrogen) atoms. The molecule has 0 amide bonds. The number of aldehydes is 1. The van der Waals surface area contributed by atoms with E-state index in [0.29, 0.717) is 17.1 Å². The molecule has 0 N–H and O–H groups in total. The highest BCUT2D eigenvalue weighted by atomic mass is 16.5. The maximum Gasteiger partial charge on any atom is 0.162 e. The zero-order valence-electron chi connectivity index (χ0n) is 11.8. The molecule has 104 valence electrons. The maximum absolute atomic E-state index is 10.8. The van der Waals surface area contributed by atoms with Crippen LogP contribution in [0.5, 0.6) is 11.5 Å². The summed E-state index contributed by atoms with van der Waals surface area (Å²) in [6.07, 6.45) is 2.79. The molecular weight excluding hydrogens is 242 g/mol. The maximum atomic E-state index is 10.8. The SMILES string of the molecule is COc1cc(C=O)ccc1OC1(C)CCN(C)CC1. The molecule has 0 saturated carbocycles. The molecule has 0 bridgehead atoms. The molecule has 1 heterocycles. The molecule has 1 aliphatic heterocycles. The zero-order chi connectivity index (χ0) is 13.9. The van der Waals surface area contributed by atoms with Crippen LogP contribution in [0.25, 0.3) is 0 Å². The van der Waals surface area contributed by atoms with Gasteiger partial charge in [-0.3, -0.25) is 4.79 Å². The summed E-state index contributed by atoms with van der Waals surface area (Å²) in [6.45, 7) is 4.20. The van der Waals surface area contributed by atoms with E-state index < -0.39 is 0 Å². The van der Waals surface area contributed by atoms with E-state index in [4.69, 9.17) is 9.47 Å². The quantitative estimate of drug-likeness (QED) is 0.782. The number of carbonyl (C=O) groups excluding carboxylic acids is 1. The first-order valence-corrected chi connectivity index (χ1v) is 6.57. The van der Waals surface area contributed by atoms with Gasteiger partial charge in [0, 0.05) is 18.7 Å². The lowest BCUT2D eigenvalue weighted by atomic mass is 9.93. The first-order valence-electron chi connectivity index (χ1n) is 6.57. The van der Waals surface area contributed by atoms with Gasteiger partial charge in [-0.15, -0.1) is 0 Å². The van der Waals surface area contributed by atoms with Crippen molar-refractivity contribution < 1.29 is 14.3 Å². The lowest BCUT2D eigenvalue weighted by molar-refractivity contribution is 0.0220. The van der Waals surface area contributed by atoms with Gasteiger partial charge in [0.05, 0.1) is 7.11 Å². The molecule has 0 spiro atoms. The molecule has 0 aromatic heterocycles. The van der Waals surface area contributed by atoms with Crippen molar-refractivity contribution in [2.75, 3.05) is 27.2 Å². The minimum absolute atomic E-state index is 0.164. The smallest absolute Gasteiger partial charge is 0.162 e. The van der Waals surface area contributed by atoms with E-state index in [0.717, 1.165) is 32.2 Å². The number of piperidine rings is 1. The van der Waals surface area contributed by atoms with Crippen molar-refractivity contribution >= 4 is 6.29 Å². The third-order valence-corrected chi connectivity index (χ3v) is 3.72. The third-order valence-electron chi connectivity index (χ3n) is 3.72. The fourth-order valence-electron chi connectivity index (χ4n) is 2.30. The third kappa shape index (κ3) is 3.26. The monoisotopic (exact) mass is 263 g/mol. The molecule has 0 unspecified atom stereocenters. The normalized spacial score (nSPS) is 18.9. The predicted molar refractivity (Wildman–Crippen MR) is 74.1 cm³/mol. The second-order valence-corrected chi connectivity index (χ2v) is 5.38. The first-order chi connectivity index (χ1) is 9.06. The van der Waals surface area contributed by atoms with Crippen LogP contribution in [0.2, 0.25) is 0 Å². The lowest BCUT2D eigenvalue weighted by Gasteiger charge is -2.38. The van der Waals surface area contributed by atoms with Gasteiger partial charge in [0.1, 0.15) is 11.9 Å². The predicted octanol–water partition coefficient (Wildman–Crippen LogP) is 2.37. The number of rotatable bonds is 4. The molecule has 2 rings (SSSR count). The molecule has 4 heteroatoms. The Morgan fingerprint density at radius 3 is 2.53 bits per heavy atom. The standard InChI is InChI=1S/C15H21NO3/c1-15(6-8-16(2)9-7-15)19-13-5-4-12(11-17)10-14(13)18-3/h4-5,10-11H,6-9H2,1-3H3. The molecule has 0 atom stereocenters. The van der Waals surface area contributed by atoms with Gasteiger partial charge in [-0.25, -0.2) is 0 Å². The van der Waals surface area contributed by atoms with E-state index in [-0.39, 0.29) is 5.60 Å². The van der Waals surface area contributed by atoms with Crippen LogP contribution in [-0.2, 0) is 0 Å². The van der Waals surface area contributed by atoms with Gasteiger partial charge in [0.25, 0.3) is 0 Å². The lowest BCUT2D eigenvalue weighted by Crippen LogP contribution is -2.44. The Morgan fingerprint density at radius 2 is 1.95 bits per heavy atom. The number of hydrogen-bond acceptors (Lipinski definition) is 4. The van der Waals surface area contributed by atoms with Gasteiger partial charge in [0.15, 0.2) is 11.5 Å². The van der Waals surface area contributed by atoms with E-state index in [1.165, 1.54) is 0 Å². The van der Waals surface area contributed by atoms with E-state index in [1.807, 2.05) is 6.07 Å². The topological polar surface area (TPSA) is 38.8 Å². The Bertz CT molecular complexity index is 451. The molecule has 1 aliphatic rings. The van der Waals surface area contributed by atoms with Crippen LogP contribution in [0.1, 0.15) is 30.1 Å². The fraction of sp³-hybridized carbons (Fsp3) is 0.533. The highest BCUT2D eigenvalue weighted by Gasteiger charge is 2.31. The number of hydrogen-bond donors (Lipinski definition) is 0. The molecule has 0 radical (unpaired) electrons. The minimum Gasteiger partial charge on any atom is -0.493 e. The summed E-state index contributed by atoms with van der Waals surface area (Å²) >= 11 is 0. The van der Waals surface area contributed by atoms with Crippen molar-refractivity contribution in [1.29, 1.82) is 0 Å². The van der Waals surface area contributed by atoms with Crippen molar-refractivity contribution in [2.24, 2.45) is 0 Å². The Balaban J connectivity index is 2.16. The molecule has 0 aliphatic carbocycles. The average molecular weight is 263 g/mol. The largest absolute Gasteiger partial charge is 0.493 e. The number of likely N-dealkylation sites (tertiary alicyclic amines) is 1. The van der Waals surface area contributed by atoms with Crippen LogP contribution in [0.4, 0.5) is 0 Å². The molecule has 1 aromatic rings. The average Bonchev–Trinajstić information content (AvgIpc) is 2.43. The van der Waals surface area contributed by atoms with Gasteiger partial charge in [0.2, 0.25) is 0 Å². The summed E-state index contributed by atoms with van der Waals surface area (Å²) in [7, 11) is 3.72. The van der Waals surface area contributed by atoms with E-state index in [2.05, 4.69) is 18.9 Å². The van der Waals surface area contributed by atoms with Crippen molar-refractivity contribution in [3.05, 3.63) is 23.8 Å². The summed E-state index contributed by atoms with van der Waals surface area (Å²) < 4.78 is 11.4. The first kappa shape index (κ1) is 13.9. The highest BCUT2D eigenvalue weighted by Crippen LogP contribution is 2.34. The second kappa shape index (κ2) is 5.61. The van der Waals surface area contributed by atoms with E-state index in [9.17, 15) is 4.79 Å². The van der Waals surface area contributed by atoms with Crippen LogP contribution < -0.4 is 9.47 Å². The molecule has 1 aromatic carbocycles. The van der Waals surface area contributed by atoms with Gasteiger partial charge in [-0.1, -0.05) is 0 Å². The molecular formula is C15H21NO3. The summed E-state index contributed by atoms with van der Waals surface area (Å²) in [5, 5.41) is 0. The summed E-state index contributed by atoms with van der Waals surface area (Å²) in [5.74, 6) is 1.32. The molecule has 1 fully saturated rings. The molecule has 1 saturated heterocycles. The minimum atomic E-state index is -0.164. The summed E-state index contributed by atoms with van der Waals surface area (Å²) in [5.41, 5.74) is 0.431. The Hall–Kier alpha value is -1.55. The summed E-state index contributed by atoms with van der Waals surface area (Å²) in [4.78, 5) is 13.1. The Labute approximate surface area is 114 Å². The van der Waals surface area contributed by atoms with Crippen LogP contribution in [0.15, 0.2) is 18.2 Å². The van der Waals surface area contributed by atoms with Gasteiger partial charge >= 0.3 is 0 Å². The van der Waals surface area contributed by atoms with Crippen molar-refractivity contribution in [3.8, 4) is 11.5 Å². The number of nitrogens with zero attached hydrogens (tertiary/aromatic N) is 1. The van der Waals surface area contributed by atoms with Crippen LogP contribution in [-0.4, -0.2) is 44.0 Å². The van der Waals surface area contributed by atoms with Crippen LogP contribution in [0, 0.1) is 0 Å². The number of benzene rings is 1. The fourth-order valence-corrected chi connectivity index (χ4v) is 2.30. The zero-order valence-corrected chi connectivity index (χ0v) is 11.8. The summed E-state index contributed by atoms with van der Waals surface area (Å²) in [6, 6.07) is 5.27. The van der Waals surface area contributed by atoms with Gasteiger partial charge in [-0.2, -0.15) is 0 Å². The second-order valence-electron chi connectivity index (χ2n) is 5.38. The number of ether oxygens (including phenoxy) is 2. The van der Waals surface area contributed by atoms with Crippen molar-refractivity contribution in [2.45, 2.75) is 25.4 Å². The Kier molecular flexibility index (Phi) is 4.10. The van der Waals surface area contributed by atoms with Gasteiger partial charge in [-0.05, 0) is 45.0 Å². The Morgan fingerprint density at radius 1 is 1.26 bits per heavy atom. The van der Waals surface area contributed by atoms with Crippen LogP contribution >= 0.6 is 0 Å². The van der Waals surface area contributed by atoms with Crippen molar-refractivity contribution in [1.82, 2.24) is 4.90 Å². The number of methoxy groups -OCH3 is 1. The number of carbonyl (C=O) groups is 1. The van der Waals surface area contributed by atoms with Crippen LogP contribution in [0.3, 0.4) is 0 Å². The van der Waals surface area contributed by atoms with E-state index >= 15 is 0 Å². The van der Waals surface area contributed by atoms with Gasteiger partial charge < -0.3 is 14.4 Å². The van der Waals surface area contributed by atoms with Crippen molar-refractivity contribution in [3.63, 3.8) is 0 Å². The molecule has 4 nitrogen and oxygen atoms in total. The van der Waals surface area contributed by atoms with E-state index in [1.54, 1.807) is 19.2 Å². The highest BCUT2D eigenvalue weighted by molar-refractivity contribution is 5.76.